The summed E-state index contributed by atoms with van der Waals surface area (Å²) >= 11 is 0. The molecule has 0 bridgehead atoms. The third-order valence-corrected chi connectivity index (χ3v) is 3.50. The largest absolute Gasteiger partial charge is 0.381 e. The summed E-state index contributed by atoms with van der Waals surface area (Å²) in [4.78, 5) is 2.47. The van der Waals surface area contributed by atoms with Crippen LogP contribution in [0.4, 0.5) is 0 Å². The van der Waals surface area contributed by atoms with Gasteiger partial charge < -0.3 is 15.0 Å². The van der Waals surface area contributed by atoms with Crippen molar-refractivity contribution < 1.29 is 4.74 Å². The fraction of sp³-hybridized carbons (Fsp3) is 1.00. The van der Waals surface area contributed by atoms with E-state index in [2.05, 4.69) is 17.3 Å². The minimum absolute atomic E-state index is 0.522. The highest BCUT2D eigenvalue weighted by atomic mass is 16.5. The smallest absolute Gasteiger partial charge is 0.0601 e. The fourth-order valence-corrected chi connectivity index (χ4v) is 2.07. The van der Waals surface area contributed by atoms with Gasteiger partial charge in [-0.2, -0.15) is 0 Å². The summed E-state index contributed by atoms with van der Waals surface area (Å²) in [7, 11) is 4.04. The highest BCUT2D eigenvalue weighted by molar-refractivity contribution is 4.87. The molecule has 2 aliphatic carbocycles. The van der Waals surface area contributed by atoms with Gasteiger partial charge in [-0.15, -0.1) is 0 Å². The summed E-state index contributed by atoms with van der Waals surface area (Å²) in [5, 5.41) is 3.58. The summed E-state index contributed by atoms with van der Waals surface area (Å²) in [6.07, 6.45) is 5.73. The molecule has 0 radical (unpaired) electrons. The third-order valence-electron chi connectivity index (χ3n) is 3.50. The zero-order valence-electron chi connectivity index (χ0n) is 9.33. The number of nitrogens with one attached hydrogen (secondary N) is 1. The van der Waals surface area contributed by atoms with Crippen LogP contribution in [0, 0.1) is 0 Å². The first-order valence-electron chi connectivity index (χ1n) is 5.76. The molecule has 0 atom stereocenters. The van der Waals surface area contributed by atoms with Gasteiger partial charge in [0.2, 0.25) is 0 Å². The number of ether oxygens (including phenoxy) is 1. The van der Waals surface area contributed by atoms with Crippen molar-refractivity contribution in [2.45, 2.75) is 43.9 Å². The molecule has 2 aliphatic rings. The van der Waals surface area contributed by atoms with E-state index in [1.807, 2.05) is 7.11 Å². The van der Waals surface area contributed by atoms with E-state index >= 15 is 0 Å². The van der Waals surface area contributed by atoms with Crippen molar-refractivity contribution in [1.82, 2.24) is 10.2 Å². The maximum absolute atomic E-state index is 5.24. The Hall–Kier alpha value is -0.120. The molecule has 0 unspecified atom stereocenters. The van der Waals surface area contributed by atoms with Crippen LogP contribution in [0.5, 0.6) is 0 Å². The van der Waals surface area contributed by atoms with E-state index in [-0.39, 0.29) is 0 Å². The molecule has 3 nitrogen and oxygen atoms in total. The Bertz CT molecular complexity index is 176. The predicted octanol–water partition coefficient (Wildman–Crippen LogP) is 0.848. The van der Waals surface area contributed by atoms with Gasteiger partial charge in [0.15, 0.2) is 0 Å². The maximum atomic E-state index is 5.24. The normalized spacial score (nSPS) is 31.9. The molecule has 0 aromatic carbocycles. The maximum Gasteiger partial charge on any atom is 0.0601 e. The molecule has 14 heavy (non-hydrogen) atoms. The van der Waals surface area contributed by atoms with Gasteiger partial charge >= 0.3 is 0 Å². The van der Waals surface area contributed by atoms with E-state index in [0.717, 1.165) is 12.6 Å². The van der Waals surface area contributed by atoms with Gasteiger partial charge in [-0.05, 0) is 32.7 Å². The predicted molar refractivity (Wildman–Crippen MR) is 57.5 cm³/mol. The SMILES string of the molecule is COC1CC(NCCN(C)C2CC2)C1. The first-order valence-corrected chi connectivity index (χ1v) is 5.76. The van der Waals surface area contributed by atoms with E-state index in [0.29, 0.717) is 12.1 Å². The average Bonchev–Trinajstić information content (AvgIpc) is 2.91. The highest BCUT2D eigenvalue weighted by Crippen LogP contribution is 2.25. The summed E-state index contributed by atoms with van der Waals surface area (Å²) in [5.74, 6) is 0. The lowest BCUT2D eigenvalue weighted by Crippen LogP contribution is -2.47. The van der Waals surface area contributed by atoms with Crippen molar-refractivity contribution >= 4 is 0 Å². The second-order valence-corrected chi connectivity index (χ2v) is 4.69. The molecular weight excluding hydrogens is 176 g/mol. The molecule has 0 aliphatic heterocycles. The molecule has 0 aromatic heterocycles. The molecule has 3 heteroatoms. The number of rotatable bonds is 6. The quantitative estimate of drug-likeness (QED) is 0.685. The second-order valence-electron chi connectivity index (χ2n) is 4.69. The van der Waals surface area contributed by atoms with E-state index < -0.39 is 0 Å². The standard InChI is InChI=1S/C11H22N2O/c1-13(10-3-4-10)6-5-12-9-7-11(8-9)14-2/h9-12H,3-8H2,1-2H3. The minimum Gasteiger partial charge on any atom is -0.381 e. The Morgan fingerprint density at radius 1 is 1.36 bits per heavy atom. The third kappa shape index (κ3) is 2.69. The van der Waals surface area contributed by atoms with Crippen LogP contribution in [0.2, 0.25) is 0 Å². The Kier molecular flexibility index (Phi) is 3.42. The van der Waals surface area contributed by atoms with Crippen molar-refractivity contribution in [3.05, 3.63) is 0 Å². The minimum atomic E-state index is 0.522. The van der Waals surface area contributed by atoms with Crippen LogP contribution >= 0.6 is 0 Å². The zero-order valence-corrected chi connectivity index (χ0v) is 9.33. The van der Waals surface area contributed by atoms with Crippen LogP contribution in [-0.4, -0.2) is 50.3 Å². The Morgan fingerprint density at radius 2 is 2.07 bits per heavy atom. The van der Waals surface area contributed by atoms with Crippen LogP contribution in [0.1, 0.15) is 25.7 Å². The van der Waals surface area contributed by atoms with Gasteiger partial charge in [0.25, 0.3) is 0 Å². The lowest BCUT2D eigenvalue weighted by atomic mass is 9.89. The van der Waals surface area contributed by atoms with Gasteiger partial charge in [-0.25, -0.2) is 0 Å². The van der Waals surface area contributed by atoms with Gasteiger partial charge in [0.1, 0.15) is 0 Å². The molecule has 0 amide bonds. The Morgan fingerprint density at radius 3 is 2.64 bits per heavy atom. The Labute approximate surface area is 86.8 Å². The highest BCUT2D eigenvalue weighted by Gasteiger charge is 2.29. The molecular formula is C11H22N2O. The van der Waals surface area contributed by atoms with Gasteiger partial charge in [0.05, 0.1) is 6.10 Å². The van der Waals surface area contributed by atoms with Crippen molar-refractivity contribution in [3.8, 4) is 0 Å². The van der Waals surface area contributed by atoms with Gasteiger partial charge in [-0.1, -0.05) is 0 Å². The molecule has 1 N–H and O–H groups in total. The summed E-state index contributed by atoms with van der Waals surface area (Å²) in [6, 6.07) is 1.61. The van der Waals surface area contributed by atoms with Crippen LogP contribution in [0.25, 0.3) is 0 Å². The number of hydrogen-bond acceptors (Lipinski definition) is 3. The van der Waals surface area contributed by atoms with Gasteiger partial charge in [-0.3, -0.25) is 0 Å². The molecule has 2 fully saturated rings. The molecule has 2 saturated carbocycles. The Balaban J connectivity index is 1.47. The van der Waals surface area contributed by atoms with Crippen LogP contribution in [-0.2, 0) is 4.74 Å². The molecule has 2 rings (SSSR count). The van der Waals surface area contributed by atoms with Crippen LogP contribution in [0.3, 0.4) is 0 Å². The summed E-state index contributed by atoms with van der Waals surface area (Å²) in [6.45, 7) is 2.33. The van der Waals surface area contributed by atoms with E-state index in [1.54, 1.807) is 0 Å². The topological polar surface area (TPSA) is 24.5 Å². The summed E-state index contributed by atoms with van der Waals surface area (Å²) in [5.41, 5.74) is 0. The fourth-order valence-electron chi connectivity index (χ4n) is 2.07. The zero-order chi connectivity index (χ0) is 9.97. The number of likely N-dealkylation sites (N-methyl/N-ethyl adjacent to an activating group) is 1. The monoisotopic (exact) mass is 198 g/mol. The van der Waals surface area contributed by atoms with E-state index in [9.17, 15) is 0 Å². The molecule has 0 heterocycles. The second kappa shape index (κ2) is 4.60. The molecule has 82 valence electrons. The lowest BCUT2D eigenvalue weighted by molar-refractivity contribution is 0.0171. The van der Waals surface area contributed by atoms with Gasteiger partial charge in [0, 0.05) is 32.3 Å². The number of methoxy groups -OCH3 is 1. The first kappa shape index (κ1) is 10.4. The number of hydrogen-bond donors (Lipinski definition) is 1. The van der Waals surface area contributed by atoms with Crippen molar-refractivity contribution in [2.24, 2.45) is 0 Å². The molecule has 0 spiro atoms. The molecule has 0 saturated heterocycles. The van der Waals surface area contributed by atoms with Crippen molar-refractivity contribution in [3.63, 3.8) is 0 Å². The molecule has 0 aromatic rings. The first-order chi connectivity index (χ1) is 6.79. The lowest BCUT2D eigenvalue weighted by Gasteiger charge is -2.35. The van der Waals surface area contributed by atoms with Crippen LogP contribution in [0.15, 0.2) is 0 Å². The van der Waals surface area contributed by atoms with E-state index in [1.165, 1.54) is 32.2 Å². The van der Waals surface area contributed by atoms with Crippen LogP contribution < -0.4 is 5.32 Å². The van der Waals surface area contributed by atoms with E-state index in [4.69, 9.17) is 4.74 Å². The summed E-state index contributed by atoms with van der Waals surface area (Å²) < 4.78 is 5.24. The number of nitrogens with zero attached hydrogens (tertiary/aromatic N) is 1. The van der Waals surface area contributed by atoms with Crippen molar-refractivity contribution in [2.75, 3.05) is 27.2 Å². The average molecular weight is 198 g/mol. The van der Waals surface area contributed by atoms with Crippen molar-refractivity contribution in [1.29, 1.82) is 0 Å².